The zero-order valence-electron chi connectivity index (χ0n) is 7.49. The maximum atomic E-state index is 12.9. The molecular formula is C9H12BrFSi. The molecule has 0 nitrogen and oxygen atoms in total. The molecule has 0 atom stereocenters. The van der Waals surface area contributed by atoms with Gasteiger partial charge in [-0.3, -0.25) is 0 Å². The van der Waals surface area contributed by atoms with Crippen LogP contribution in [0.2, 0.25) is 19.6 Å². The Morgan fingerprint density at radius 2 is 1.83 bits per heavy atom. The summed E-state index contributed by atoms with van der Waals surface area (Å²) >= 11 is 3.19. The Labute approximate surface area is 81.9 Å². The Kier molecular flexibility index (Phi) is 2.73. The van der Waals surface area contributed by atoms with Gasteiger partial charge in [-0.1, -0.05) is 30.9 Å². The van der Waals surface area contributed by atoms with Gasteiger partial charge in [0.05, 0.1) is 12.5 Å². The first-order chi connectivity index (χ1) is 5.41. The highest BCUT2D eigenvalue weighted by atomic mass is 79.9. The van der Waals surface area contributed by atoms with E-state index in [1.807, 2.05) is 12.1 Å². The second-order valence-corrected chi connectivity index (χ2v) is 9.81. The minimum atomic E-state index is -1.28. The molecule has 0 aromatic heterocycles. The molecule has 0 amide bonds. The van der Waals surface area contributed by atoms with Crippen molar-refractivity contribution in [2.24, 2.45) is 0 Å². The maximum absolute atomic E-state index is 12.9. The van der Waals surface area contributed by atoms with Crippen molar-refractivity contribution in [1.29, 1.82) is 0 Å². The smallest absolute Gasteiger partial charge is 0.137 e. The minimum absolute atomic E-state index is 0.183. The molecule has 66 valence electrons. The fraction of sp³-hybridized carbons (Fsp3) is 0.333. The van der Waals surface area contributed by atoms with E-state index in [0.717, 1.165) is 0 Å². The van der Waals surface area contributed by atoms with Gasteiger partial charge < -0.3 is 0 Å². The van der Waals surface area contributed by atoms with Gasteiger partial charge >= 0.3 is 0 Å². The largest absolute Gasteiger partial charge is 0.206 e. The van der Waals surface area contributed by atoms with Crippen LogP contribution in [0.5, 0.6) is 0 Å². The predicted molar refractivity (Wildman–Crippen MR) is 57.1 cm³/mol. The van der Waals surface area contributed by atoms with Crippen LogP contribution in [0.3, 0.4) is 0 Å². The van der Waals surface area contributed by atoms with Gasteiger partial charge in [0.2, 0.25) is 0 Å². The standard InChI is InChI=1S/C9H12BrFSi/c1-12(2,3)7-4-5-9(11)8(10)6-7/h4-6H,1-3H3. The summed E-state index contributed by atoms with van der Waals surface area (Å²) in [6, 6.07) is 5.30. The predicted octanol–water partition coefficient (Wildman–Crippen LogP) is 3.13. The maximum Gasteiger partial charge on any atom is 0.137 e. The molecular weight excluding hydrogens is 235 g/mol. The molecule has 0 heterocycles. The Morgan fingerprint density at radius 3 is 2.25 bits per heavy atom. The second-order valence-electron chi connectivity index (χ2n) is 3.88. The minimum Gasteiger partial charge on any atom is -0.206 e. The lowest BCUT2D eigenvalue weighted by Gasteiger charge is -2.16. The summed E-state index contributed by atoms with van der Waals surface area (Å²) < 4.78 is 13.4. The number of rotatable bonds is 1. The number of hydrogen-bond acceptors (Lipinski definition) is 0. The Balaban J connectivity index is 3.14. The lowest BCUT2D eigenvalue weighted by Crippen LogP contribution is -2.37. The first-order valence-electron chi connectivity index (χ1n) is 3.87. The molecule has 0 radical (unpaired) electrons. The van der Waals surface area contributed by atoms with Crippen LogP contribution in [0.25, 0.3) is 0 Å². The first-order valence-corrected chi connectivity index (χ1v) is 8.16. The Hall–Kier alpha value is -0.153. The average molecular weight is 247 g/mol. The van der Waals surface area contributed by atoms with Crippen molar-refractivity contribution in [3.05, 3.63) is 28.5 Å². The zero-order chi connectivity index (χ0) is 9.35. The van der Waals surface area contributed by atoms with E-state index in [2.05, 4.69) is 35.6 Å². The van der Waals surface area contributed by atoms with E-state index in [-0.39, 0.29) is 5.82 Å². The summed E-state index contributed by atoms with van der Waals surface area (Å²) in [7, 11) is -1.28. The van der Waals surface area contributed by atoms with E-state index in [4.69, 9.17) is 0 Å². The van der Waals surface area contributed by atoms with Gasteiger partial charge in [-0.05, 0) is 28.1 Å². The van der Waals surface area contributed by atoms with Gasteiger partial charge in [0.15, 0.2) is 0 Å². The van der Waals surface area contributed by atoms with Crippen LogP contribution in [0.1, 0.15) is 0 Å². The lowest BCUT2D eigenvalue weighted by molar-refractivity contribution is 0.621. The molecule has 12 heavy (non-hydrogen) atoms. The quantitative estimate of drug-likeness (QED) is 0.669. The van der Waals surface area contributed by atoms with Crippen LogP contribution in [0, 0.1) is 5.82 Å². The molecule has 3 heteroatoms. The SMILES string of the molecule is C[Si](C)(C)c1ccc(F)c(Br)c1. The number of halogens is 2. The zero-order valence-corrected chi connectivity index (χ0v) is 10.1. The molecule has 0 aliphatic carbocycles. The topological polar surface area (TPSA) is 0 Å². The summed E-state index contributed by atoms with van der Waals surface area (Å²) in [6.07, 6.45) is 0. The third kappa shape index (κ3) is 2.17. The summed E-state index contributed by atoms with van der Waals surface area (Å²) in [6.45, 7) is 6.73. The molecule has 1 aromatic rings. The average Bonchev–Trinajstić information content (AvgIpc) is 1.92. The highest BCUT2D eigenvalue weighted by Crippen LogP contribution is 2.14. The third-order valence-corrected chi connectivity index (χ3v) is 4.44. The van der Waals surface area contributed by atoms with Crippen molar-refractivity contribution in [3.63, 3.8) is 0 Å². The van der Waals surface area contributed by atoms with Crippen molar-refractivity contribution in [3.8, 4) is 0 Å². The van der Waals surface area contributed by atoms with Crippen LogP contribution in [-0.4, -0.2) is 8.07 Å². The van der Waals surface area contributed by atoms with Crippen LogP contribution < -0.4 is 5.19 Å². The monoisotopic (exact) mass is 246 g/mol. The Bertz CT molecular complexity index is 291. The van der Waals surface area contributed by atoms with Crippen LogP contribution in [0.15, 0.2) is 22.7 Å². The summed E-state index contributed by atoms with van der Waals surface area (Å²) in [5.74, 6) is -0.183. The third-order valence-electron chi connectivity index (χ3n) is 1.79. The van der Waals surface area contributed by atoms with Gasteiger partial charge in [-0.25, -0.2) is 4.39 Å². The molecule has 0 bridgehead atoms. The van der Waals surface area contributed by atoms with E-state index in [1.165, 1.54) is 11.3 Å². The number of benzene rings is 1. The van der Waals surface area contributed by atoms with E-state index in [0.29, 0.717) is 4.47 Å². The van der Waals surface area contributed by atoms with Gasteiger partial charge in [-0.2, -0.15) is 0 Å². The van der Waals surface area contributed by atoms with Crippen molar-refractivity contribution in [2.75, 3.05) is 0 Å². The van der Waals surface area contributed by atoms with E-state index in [1.54, 1.807) is 0 Å². The fourth-order valence-corrected chi connectivity index (χ4v) is 2.71. The van der Waals surface area contributed by atoms with Crippen LogP contribution >= 0.6 is 15.9 Å². The van der Waals surface area contributed by atoms with Crippen LogP contribution in [-0.2, 0) is 0 Å². The summed E-state index contributed by atoms with van der Waals surface area (Å²) in [5.41, 5.74) is 0. The van der Waals surface area contributed by atoms with Crippen molar-refractivity contribution >= 4 is 29.2 Å². The molecule has 0 N–H and O–H groups in total. The normalized spacial score (nSPS) is 11.8. The van der Waals surface area contributed by atoms with E-state index in [9.17, 15) is 4.39 Å². The molecule has 0 spiro atoms. The molecule has 0 aliphatic heterocycles. The lowest BCUT2D eigenvalue weighted by atomic mass is 10.3. The van der Waals surface area contributed by atoms with Gasteiger partial charge in [-0.15, -0.1) is 0 Å². The van der Waals surface area contributed by atoms with Crippen molar-refractivity contribution in [1.82, 2.24) is 0 Å². The highest BCUT2D eigenvalue weighted by Gasteiger charge is 2.16. The summed E-state index contributed by atoms with van der Waals surface area (Å²) in [4.78, 5) is 0. The summed E-state index contributed by atoms with van der Waals surface area (Å²) in [5, 5.41) is 1.27. The molecule has 0 unspecified atom stereocenters. The molecule has 1 rings (SSSR count). The van der Waals surface area contributed by atoms with Gasteiger partial charge in [0.25, 0.3) is 0 Å². The van der Waals surface area contributed by atoms with Gasteiger partial charge in [0, 0.05) is 0 Å². The van der Waals surface area contributed by atoms with E-state index >= 15 is 0 Å². The highest BCUT2D eigenvalue weighted by molar-refractivity contribution is 9.10. The molecule has 1 aromatic carbocycles. The molecule has 0 saturated heterocycles. The molecule has 0 saturated carbocycles. The van der Waals surface area contributed by atoms with E-state index < -0.39 is 8.07 Å². The van der Waals surface area contributed by atoms with Crippen molar-refractivity contribution < 1.29 is 4.39 Å². The second kappa shape index (κ2) is 3.30. The Morgan fingerprint density at radius 1 is 1.25 bits per heavy atom. The van der Waals surface area contributed by atoms with Crippen LogP contribution in [0.4, 0.5) is 4.39 Å². The molecule has 0 aliphatic rings. The van der Waals surface area contributed by atoms with Gasteiger partial charge in [0.1, 0.15) is 5.82 Å². The number of hydrogen-bond donors (Lipinski definition) is 0. The van der Waals surface area contributed by atoms with Crippen molar-refractivity contribution in [2.45, 2.75) is 19.6 Å². The fourth-order valence-electron chi connectivity index (χ4n) is 0.963. The molecule has 0 fully saturated rings. The first kappa shape index (κ1) is 9.93.